The molecule has 3 nitrogen and oxygen atoms in total. The molecule has 0 amide bonds. The number of nitrogens with zero attached hydrogens (tertiary/aromatic N) is 1. The fraction of sp³-hybridized carbons (Fsp3) is 0.600. The summed E-state index contributed by atoms with van der Waals surface area (Å²) in [6, 6.07) is 8.04. The average molecular weight is 247 g/mol. The fourth-order valence-corrected chi connectivity index (χ4v) is 3.34. The standard InChI is InChI=1S/C15H21NO2/c1-2-14(13-5-3-4-6-15(13)17)16-9-11-7-8-12(10-16)18-11/h3-6,11-12,14,17H,2,7-10H2,1H3. The maximum Gasteiger partial charge on any atom is 0.120 e. The highest BCUT2D eigenvalue weighted by Crippen LogP contribution is 2.36. The summed E-state index contributed by atoms with van der Waals surface area (Å²) >= 11 is 0. The van der Waals surface area contributed by atoms with E-state index in [1.54, 1.807) is 6.07 Å². The highest BCUT2D eigenvalue weighted by atomic mass is 16.5. The lowest BCUT2D eigenvalue weighted by atomic mass is 10.0. The minimum atomic E-state index is 0.318. The molecule has 0 aromatic heterocycles. The molecule has 3 rings (SSSR count). The van der Waals surface area contributed by atoms with Crippen LogP contribution in [-0.2, 0) is 4.74 Å². The molecule has 2 fully saturated rings. The smallest absolute Gasteiger partial charge is 0.120 e. The molecule has 2 heterocycles. The van der Waals surface area contributed by atoms with Gasteiger partial charge in [0.15, 0.2) is 0 Å². The molecule has 2 bridgehead atoms. The Morgan fingerprint density at radius 2 is 1.94 bits per heavy atom. The SMILES string of the molecule is CCC(c1ccccc1O)N1CC2CCC(C1)O2. The molecule has 0 radical (unpaired) electrons. The molecular formula is C15H21NO2. The first-order chi connectivity index (χ1) is 8.78. The normalized spacial score (nSPS) is 29.4. The Morgan fingerprint density at radius 3 is 2.56 bits per heavy atom. The summed E-state index contributed by atoms with van der Waals surface area (Å²) in [6.07, 6.45) is 4.22. The van der Waals surface area contributed by atoms with Crippen LogP contribution in [0, 0.1) is 0 Å². The lowest BCUT2D eigenvalue weighted by Gasteiger charge is -2.38. The number of aromatic hydroxyl groups is 1. The lowest BCUT2D eigenvalue weighted by molar-refractivity contribution is -0.0541. The van der Waals surface area contributed by atoms with Crippen molar-refractivity contribution in [2.75, 3.05) is 13.1 Å². The second-order valence-corrected chi connectivity index (χ2v) is 5.39. The van der Waals surface area contributed by atoms with E-state index in [4.69, 9.17) is 4.74 Å². The Morgan fingerprint density at radius 1 is 1.28 bits per heavy atom. The van der Waals surface area contributed by atoms with Crippen LogP contribution in [-0.4, -0.2) is 35.3 Å². The summed E-state index contributed by atoms with van der Waals surface area (Å²) in [4.78, 5) is 2.49. The van der Waals surface area contributed by atoms with E-state index >= 15 is 0 Å². The first-order valence-corrected chi connectivity index (χ1v) is 6.95. The summed E-state index contributed by atoms with van der Waals surface area (Å²) in [5, 5.41) is 10.0. The van der Waals surface area contributed by atoms with Gasteiger partial charge in [0.1, 0.15) is 5.75 Å². The molecule has 2 saturated heterocycles. The number of phenols is 1. The van der Waals surface area contributed by atoms with Gasteiger partial charge in [0.2, 0.25) is 0 Å². The van der Waals surface area contributed by atoms with Gasteiger partial charge in [-0.1, -0.05) is 25.1 Å². The zero-order valence-corrected chi connectivity index (χ0v) is 10.9. The van der Waals surface area contributed by atoms with E-state index in [2.05, 4.69) is 11.8 Å². The van der Waals surface area contributed by atoms with E-state index in [0.717, 1.165) is 25.1 Å². The third kappa shape index (κ3) is 2.13. The minimum absolute atomic E-state index is 0.318. The van der Waals surface area contributed by atoms with Crippen LogP contribution in [0.4, 0.5) is 0 Å². The molecule has 3 unspecified atom stereocenters. The second kappa shape index (κ2) is 4.90. The Labute approximate surface area is 108 Å². The third-order valence-electron chi connectivity index (χ3n) is 4.20. The maximum atomic E-state index is 10.0. The molecule has 18 heavy (non-hydrogen) atoms. The van der Waals surface area contributed by atoms with Crippen LogP contribution >= 0.6 is 0 Å². The van der Waals surface area contributed by atoms with E-state index in [1.807, 2.05) is 18.2 Å². The highest BCUT2D eigenvalue weighted by molar-refractivity contribution is 5.34. The van der Waals surface area contributed by atoms with Gasteiger partial charge in [0.25, 0.3) is 0 Å². The van der Waals surface area contributed by atoms with Gasteiger partial charge < -0.3 is 9.84 Å². The Kier molecular flexibility index (Phi) is 3.27. The summed E-state index contributed by atoms with van der Waals surface area (Å²) in [6.45, 7) is 4.20. The van der Waals surface area contributed by atoms with E-state index in [-0.39, 0.29) is 0 Å². The first kappa shape index (κ1) is 12.0. The van der Waals surface area contributed by atoms with Crippen molar-refractivity contribution in [3.8, 4) is 5.75 Å². The van der Waals surface area contributed by atoms with E-state index in [1.165, 1.54) is 12.8 Å². The predicted molar refractivity (Wildman–Crippen MR) is 70.6 cm³/mol. The summed E-state index contributed by atoms with van der Waals surface area (Å²) < 4.78 is 5.88. The van der Waals surface area contributed by atoms with Crippen molar-refractivity contribution in [2.24, 2.45) is 0 Å². The van der Waals surface area contributed by atoms with Gasteiger partial charge in [0, 0.05) is 24.7 Å². The average Bonchev–Trinajstić information content (AvgIpc) is 2.72. The number of likely N-dealkylation sites (tertiary alicyclic amines) is 1. The van der Waals surface area contributed by atoms with Crippen molar-refractivity contribution in [1.29, 1.82) is 0 Å². The monoisotopic (exact) mass is 247 g/mol. The summed E-state index contributed by atoms with van der Waals surface area (Å²) in [7, 11) is 0. The molecule has 0 spiro atoms. The summed E-state index contributed by atoms with van der Waals surface area (Å²) in [5.41, 5.74) is 1.06. The van der Waals surface area contributed by atoms with Gasteiger partial charge in [-0.15, -0.1) is 0 Å². The molecule has 1 aromatic carbocycles. The van der Waals surface area contributed by atoms with E-state index in [9.17, 15) is 5.11 Å². The van der Waals surface area contributed by atoms with Crippen LogP contribution in [0.3, 0.4) is 0 Å². The molecule has 0 aliphatic carbocycles. The van der Waals surface area contributed by atoms with Crippen molar-refractivity contribution >= 4 is 0 Å². The largest absolute Gasteiger partial charge is 0.508 e. The number of morpholine rings is 1. The number of hydrogen-bond donors (Lipinski definition) is 1. The predicted octanol–water partition coefficient (Wildman–Crippen LogP) is 2.71. The van der Waals surface area contributed by atoms with E-state index < -0.39 is 0 Å². The molecule has 2 aliphatic heterocycles. The van der Waals surface area contributed by atoms with Crippen LogP contribution in [0.15, 0.2) is 24.3 Å². The Hall–Kier alpha value is -1.06. The molecule has 2 aliphatic rings. The van der Waals surface area contributed by atoms with Gasteiger partial charge in [-0.05, 0) is 25.3 Å². The number of para-hydroxylation sites is 1. The Balaban J connectivity index is 1.82. The van der Waals surface area contributed by atoms with Crippen molar-refractivity contribution in [2.45, 2.75) is 44.4 Å². The van der Waals surface area contributed by atoms with Crippen molar-refractivity contribution < 1.29 is 9.84 Å². The van der Waals surface area contributed by atoms with Crippen LogP contribution in [0.2, 0.25) is 0 Å². The molecular weight excluding hydrogens is 226 g/mol. The minimum Gasteiger partial charge on any atom is -0.508 e. The van der Waals surface area contributed by atoms with Crippen LogP contribution in [0.25, 0.3) is 0 Å². The van der Waals surface area contributed by atoms with Crippen molar-refractivity contribution in [3.63, 3.8) is 0 Å². The Bertz CT molecular complexity index is 409. The molecule has 0 saturated carbocycles. The zero-order valence-electron chi connectivity index (χ0n) is 10.9. The maximum absolute atomic E-state index is 10.0. The van der Waals surface area contributed by atoms with Crippen LogP contribution in [0.5, 0.6) is 5.75 Å². The summed E-state index contributed by atoms with van der Waals surface area (Å²) in [5.74, 6) is 0.420. The molecule has 1 N–H and O–H groups in total. The van der Waals surface area contributed by atoms with Gasteiger partial charge in [0.05, 0.1) is 12.2 Å². The number of fused-ring (bicyclic) bond motifs is 2. The first-order valence-electron chi connectivity index (χ1n) is 6.95. The van der Waals surface area contributed by atoms with Crippen LogP contribution < -0.4 is 0 Å². The topological polar surface area (TPSA) is 32.7 Å². The molecule has 1 aromatic rings. The molecule has 3 heteroatoms. The number of rotatable bonds is 3. The zero-order chi connectivity index (χ0) is 12.5. The van der Waals surface area contributed by atoms with Crippen LogP contribution in [0.1, 0.15) is 37.8 Å². The molecule has 98 valence electrons. The van der Waals surface area contributed by atoms with Crippen molar-refractivity contribution in [3.05, 3.63) is 29.8 Å². The number of phenolic OH excluding ortho intramolecular Hbond substituents is 1. The fourth-order valence-electron chi connectivity index (χ4n) is 3.34. The highest BCUT2D eigenvalue weighted by Gasteiger charge is 2.36. The quantitative estimate of drug-likeness (QED) is 0.891. The van der Waals surface area contributed by atoms with Crippen molar-refractivity contribution in [1.82, 2.24) is 4.90 Å². The lowest BCUT2D eigenvalue weighted by Crippen LogP contribution is -2.44. The third-order valence-corrected chi connectivity index (χ3v) is 4.20. The molecule has 3 atom stereocenters. The van der Waals surface area contributed by atoms with Gasteiger partial charge >= 0.3 is 0 Å². The van der Waals surface area contributed by atoms with Gasteiger partial charge in [-0.25, -0.2) is 0 Å². The van der Waals surface area contributed by atoms with E-state index in [0.29, 0.717) is 24.0 Å². The number of ether oxygens (including phenoxy) is 1. The number of hydrogen-bond acceptors (Lipinski definition) is 3. The van der Waals surface area contributed by atoms with Gasteiger partial charge in [-0.3, -0.25) is 4.90 Å². The second-order valence-electron chi connectivity index (χ2n) is 5.39. The van der Waals surface area contributed by atoms with Gasteiger partial charge in [-0.2, -0.15) is 0 Å². The number of benzene rings is 1.